The van der Waals surface area contributed by atoms with Crippen molar-refractivity contribution < 1.29 is 9.59 Å². The maximum Gasteiger partial charge on any atom is 0.257 e. The molecule has 0 spiro atoms. The average molecular weight is 532 g/mol. The standard InChI is InChI=1S/2C13H9Cl2NO/c14-10-3-1-9(2-4-10)13(17)16-12-7-5-11(15)6-8-12;14-9-5-7-10(8-6-9)16-13(17)11-3-1-2-4-12(11)15/h2*1-8H,(H,16,17). The number of amides is 2. The van der Waals surface area contributed by atoms with Crippen LogP contribution in [0.25, 0.3) is 0 Å². The van der Waals surface area contributed by atoms with Crippen LogP contribution in [-0.4, -0.2) is 11.8 Å². The lowest BCUT2D eigenvalue weighted by molar-refractivity contribution is 0.101. The van der Waals surface area contributed by atoms with E-state index < -0.39 is 0 Å². The third-order valence-electron chi connectivity index (χ3n) is 4.43. The van der Waals surface area contributed by atoms with Crippen LogP contribution in [0.1, 0.15) is 20.7 Å². The summed E-state index contributed by atoms with van der Waals surface area (Å²) in [6.07, 6.45) is 0. The summed E-state index contributed by atoms with van der Waals surface area (Å²) in [7, 11) is 0. The molecule has 4 aromatic rings. The van der Waals surface area contributed by atoms with Gasteiger partial charge in [0.15, 0.2) is 0 Å². The molecule has 0 bridgehead atoms. The molecule has 4 aromatic carbocycles. The van der Waals surface area contributed by atoms with E-state index in [4.69, 9.17) is 46.4 Å². The van der Waals surface area contributed by atoms with Gasteiger partial charge in [-0.3, -0.25) is 9.59 Å². The van der Waals surface area contributed by atoms with Crippen LogP contribution in [-0.2, 0) is 0 Å². The normalized spacial score (nSPS) is 10.0. The fraction of sp³-hybridized carbons (Fsp3) is 0. The summed E-state index contributed by atoms with van der Waals surface area (Å²) < 4.78 is 0. The number of carbonyl (C=O) groups is 2. The van der Waals surface area contributed by atoms with Crippen LogP contribution in [0, 0.1) is 0 Å². The van der Waals surface area contributed by atoms with E-state index >= 15 is 0 Å². The second kappa shape index (κ2) is 12.4. The van der Waals surface area contributed by atoms with E-state index in [1.54, 1.807) is 97.1 Å². The van der Waals surface area contributed by atoms with Gasteiger partial charge >= 0.3 is 0 Å². The highest BCUT2D eigenvalue weighted by Crippen LogP contribution is 2.19. The lowest BCUT2D eigenvalue weighted by atomic mass is 10.2. The second-order valence-electron chi connectivity index (χ2n) is 6.91. The second-order valence-corrected chi connectivity index (χ2v) is 8.63. The van der Waals surface area contributed by atoms with E-state index in [2.05, 4.69) is 10.6 Å². The lowest BCUT2D eigenvalue weighted by Gasteiger charge is -2.06. The molecule has 0 aliphatic heterocycles. The highest BCUT2D eigenvalue weighted by atomic mass is 35.5. The average Bonchev–Trinajstić information content (AvgIpc) is 2.83. The van der Waals surface area contributed by atoms with E-state index in [0.717, 1.165) is 0 Å². The summed E-state index contributed by atoms with van der Waals surface area (Å²) in [6, 6.07) is 27.4. The quantitative estimate of drug-likeness (QED) is 0.277. The molecule has 0 aliphatic carbocycles. The van der Waals surface area contributed by atoms with Crippen molar-refractivity contribution in [3.63, 3.8) is 0 Å². The fourth-order valence-electron chi connectivity index (χ4n) is 2.71. The summed E-state index contributed by atoms with van der Waals surface area (Å²) >= 11 is 23.2. The molecular formula is C26H18Cl4N2O2. The highest BCUT2D eigenvalue weighted by Gasteiger charge is 2.09. The van der Waals surface area contributed by atoms with E-state index in [9.17, 15) is 9.59 Å². The van der Waals surface area contributed by atoms with Gasteiger partial charge in [0.25, 0.3) is 11.8 Å². The van der Waals surface area contributed by atoms with Gasteiger partial charge in [0.1, 0.15) is 0 Å². The van der Waals surface area contributed by atoms with Gasteiger partial charge in [-0.05, 0) is 84.9 Å². The summed E-state index contributed by atoms with van der Waals surface area (Å²) in [5, 5.41) is 7.80. The Morgan fingerprint density at radius 2 is 0.912 bits per heavy atom. The Hall–Kier alpha value is -3.02. The third-order valence-corrected chi connectivity index (χ3v) is 5.51. The minimum absolute atomic E-state index is 0.177. The first-order valence-corrected chi connectivity index (χ1v) is 11.5. The van der Waals surface area contributed by atoms with Gasteiger partial charge in [0.2, 0.25) is 0 Å². The molecule has 2 amide bonds. The first-order chi connectivity index (χ1) is 16.3. The first kappa shape index (κ1) is 25.6. The van der Waals surface area contributed by atoms with Crippen LogP contribution >= 0.6 is 46.4 Å². The largest absolute Gasteiger partial charge is 0.322 e. The summed E-state index contributed by atoms with van der Waals surface area (Å²) in [5.74, 6) is -0.415. The topological polar surface area (TPSA) is 58.2 Å². The molecule has 0 aromatic heterocycles. The van der Waals surface area contributed by atoms with Crippen molar-refractivity contribution >= 4 is 69.6 Å². The zero-order valence-corrected chi connectivity index (χ0v) is 20.6. The Balaban J connectivity index is 0.000000191. The molecule has 0 unspecified atom stereocenters. The van der Waals surface area contributed by atoms with Gasteiger partial charge in [-0.25, -0.2) is 0 Å². The predicted octanol–water partition coefficient (Wildman–Crippen LogP) is 8.49. The van der Waals surface area contributed by atoms with E-state index in [1.807, 2.05) is 0 Å². The number of carbonyl (C=O) groups excluding carboxylic acids is 2. The lowest BCUT2D eigenvalue weighted by Crippen LogP contribution is -2.12. The van der Waals surface area contributed by atoms with Crippen molar-refractivity contribution in [1.29, 1.82) is 0 Å². The van der Waals surface area contributed by atoms with Crippen molar-refractivity contribution in [2.24, 2.45) is 0 Å². The maximum atomic E-state index is 11.9. The number of halogens is 4. The number of hydrogen-bond donors (Lipinski definition) is 2. The smallest absolute Gasteiger partial charge is 0.257 e. The molecule has 0 fully saturated rings. The minimum Gasteiger partial charge on any atom is -0.322 e. The van der Waals surface area contributed by atoms with Gasteiger partial charge in [-0.1, -0.05) is 58.5 Å². The Labute approximate surface area is 217 Å². The van der Waals surface area contributed by atoms with Gasteiger partial charge in [0.05, 0.1) is 10.6 Å². The molecule has 2 N–H and O–H groups in total. The molecule has 0 saturated heterocycles. The molecule has 8 heteroatoms. The number of anilines is 2. The summed E-state index contributed by atoms with van der Waals surface area (Å²) in [5.41, 5.74) is 2.39. The predicted molar refractivity (Wildman–Crippen MR) is 142 cm³/mol. The zero-order valence-electron chi connectivity index (χ0n) is 17.6. The van der Waals surface area contributed by atoms with Crippen LogP contribution in [0.2, 0.25) is 20.1 Å². The highest BCUT2D eigenvalue weighted by molar-refractivity contribution is 6.34. The number of nitrogens with one attached hydrogen (secondary N) is 2. The Kier molecular flexibility index (Phi) is 9.37. The number of rotatable bonds is 4. The molecule has 0 atom stereocenters. The van der Waals surface area contributed by atoms with Gasteiger partial charge in [0, 0.05) is 32.0 Å². The number of hydrogen-bond acceptors (Lipinski definition) is 2. The van der Waals surface area contributed by atoms with Crippen LogP contribution in [0.4, 0.5) is 11.4 Å². The maximum absolute atomic E-state index is 11.9. The molecule has 4 nitrogen and oxygen atoms in total. The van der Waals surface area contributed by atoms with E-state index in [-0.39, 0.29) is 11.8 Å². The van der Waals surface area contributed by atoms with Crippen molar-refractivity contribution in [2.75, 3.05) is 10.6 Å². The van der Waals surface area contributed by atoms with Crippen molar-refractivity contribution in [3.05, 3.63) is 128 Å². The van der Waals surface area contributed by atoms with Crippen LogP contribution < -0.4 is 10.6 Å². The third kappa shape index (κ3) is 7.79. The molecule has 4 rings (SSSR count). The molecule has 34 heavy (non-hydrogen) atoms. The van der Waals surface area contributed by atoms with Crippen molar-refractivity contribution in [2.45, 2.75) is 0 Å². The van der Waals surface area contributed by atoms with Crippen LogP contribution in [0.15, 0.2) is 97.1 Å². The Morgan fingerprint density at radius 1 is 0.500 bits per heavy atom. The molecule has 172 valence electrons. The van der Waals surface area contributed by atoms with Gasteiger partial charge < -0.3 is 10.6 Å². The van der Waals surface area contributed by atoms with E-state index in [0.29, 0.717) is 42.6 Å². The van der Waals surface area contributed by atoms with Gasteiger partial charge in [-0.15, -0.1) is 0 Å². The molecule has 0 heterocycles. The van der Waals surface area contributed by atoms with Crippen molar-refractivity contribution in [1.82, 2.24) is 0 Å². The van der Waals surface area contributed by atoms with Crippen LogP contribution in [0.3, 0.4) is 0 Å². The molecule has 0 radical (unpaired) electrons. The number of benzene rings is 4. The molecule has 0 saturated carbocycles. The summed E-state index contributed by atoms with van der Waals surface area (Å²) in [6.45, 7) is 0. The SMILES string of the molecule is O=C(Nc1ccc(Cl)cc1)c1ccc(Cl)cc1.O=C(Nc1ccc(Cl)cc1)c1ccccc1Cl. The molecule has 0 aliphatic rings. The van der Waals surface area contributed by atoms with Crippen LogP contribution in [0.5, 0.6) is 0 Å². The van der Waals surface area contributed by atoms with Gasteiger partial charge in [-0.2, -0.15) is 0 Å². The van der Waals surface area contributed by atoms with Crippen molar-refractivity contribution in [3.8, 4) is 0 Å². The van der Waals surface area contributed by atoms with E-state index in [1.165, 1.54) is 0 Å². The monoisotopic (exact) mass is 530 g/mol. The summed E-state index contributed by atoms with van der Waals surface area (Å²) in [4.78, 5) is 23.7. The minimum atomic E-state index is -0.238. The first-order valence-electron chi connectivity index (χ1n) is 9.96. The zero-order chi connectivity index (χ0) is 24.5. The Morgan fingerprint density at radius 3 is 1.38 bits per heavy atom. The Bertz CT molecular complexity index is 1260. The fourth-order valence-corrected chi connectivity index (χ4v) is 3.31. The molecular weight excluding hydrogens is 514 g/mol.